The van der Waals surface area contributed by atoms with Crippen molar-refractivity contribution < 1.29 is 9.21 Å². The second kappa shape index (κ2) is 7.06. The van der Waals surface area contributed by atoms with E-state index in [9.17, 15) is 4.79 Å². The summed E-state index contributed by atoms with van der Waals surface area (Å²) in [6.45, 7) is 0.0325. The van der Waals surface area contributed by atoms with Crippen molar-refractivity contribution in [3.05, 3.63) is 58.8 Å². The van der Waals surface area contributed by atoms with Crippen LogP contribution in [-0.2, 0) is 4.79 Å². The molecule has 2 aromatic carbocycles. The molecule has 0 fully saturated rings. The number of furan rings is 1. The van der Waals surface area contributed by atoms with Gasteiger partial charge in [0.1, 0.15) is 17.4 Å². The van der Waals surface area contributed by atoms with Gasteiger partial charge in [0.2, 0.25) is 5.91 Å². The van der Waals surface area contributed by atoms with Crippen molar-refractivity contribution in [3.8, 4) is 0 Å². The lowest BCUT2D eigenvalue weighted by Crippen LogP contribution is -2.30. The van der Waals surface area contributed by atoms with Gasteiger partial charge in [-0.3, -0.25) is 4.79 Å². The minimum Gasteiger partial charge on any atom is -0.450 e. The second-order valence-electron chi connectivity index (χ2n) is 5.97. The molecule has 0 bridgehead atoms. The molecule has 0 unspecified atom stereocenters. The highest BCUT2D eigenvalue weighted by molar-refractivity contribution is 6.39. The highest BCUT2D eigenvalue weighted by Crippen LogP contribution is 2.32. The molecule has 136 valence electrons. The minimum absolute atomic E-state index is 0.0325. The number of para-hydroxylation sites is 2. The van der Waals surface area contributed by atoms with Gasteiger partial charge in [0.15, 0.2) is 11.4 Å². The van der Waals surface area contributed by atoms with Crippen LogP contribution in [0.3, 0.4) is 0 Å². The Morgan fingerprint density at radius 2 is 1.85 bits per heavy atom. The number of carbonyl (C=O) groups is 1. The quantitative estimate of drug-likeness (QED) is 0.534. The number of fused-ring (bicyclic) bond motifs is 3. The van der Waals surface area contributed by atoms with Crippen molar-refractivity contribution in [1.82, 2.24) is 9.97 Å². The number of hydrogen-bond acceptors (Lipinski definition) is 5. The number of anilines is 2. The molecule has 2 heterocycles. The number of halogens is 2. The first-order chi connectivity index (χ1) is 13.0. The summed E-state index contributed by atoms with van der Waals surface area (Å²) >= 11 is 12.2. The lowest BCUT2D eigenvalue weighted by Gasteiger charge is -2.18. The maximum absolute atomic E-state index is 12.5. The lowest BCUT2D eigenvalue weighted by atomic mass is 10.2. The summed E-state index contributed by atoms with van der Waals surface area (Å²) in [4.78, 5) is 22.8. The average molecular weight is 401 g/mol. The third-order valence-corrected chi connectivity index (χ3v) is 4.74. The van der Waals surface area contributed by atoms with Gasteiger partial charge < -0.3 is 14.6 Å². The highest BCUT2D eigenvalue weighted by atomic mass is 35.5. The van der Waals surface area contributed by atoms with Crippen LogP contribution < -0.4 is 10.2 Å². The minimum atomic E-state index is -0.282. The Balaban J connectivity index is 1.61. The zero-order valence-corrected chi connectivity index (χ0v) is 15.8. The molecule has 8 heteroatoms. The smallest absolute Gasteiger partial charge is 0.244 e. The molecular weight excluding hydrogens is 387 g/mol. The van der Waals surface area contributed by atoms with E-state index in [2.05, 4.69) is 15.3 Å². The third kappa shape index (κ3) is 3.29. The van der Waals surface area contributed by atoms with Crippen LogP contribution in [0.2, 0.25) is 10.0 Å². The zero-order chi connectivity index (χ0) is 19.0. The van der Waals surface area contributed by atoms with Crippen molar-refractivity contribution in [1.29, 1.82) is 0 Å². The fourth-order valence-corrected chi connectivity index (χ4v) is 3.36. The molecule has 0 aliphatic heterocycles. The van der Waals surface area contributed by atoms with Gasteiger partial charge in [-0.2, -0.15) is 0 Å². The van der Waals surface area contributed by atoms with E-state index in [-0.39, 0.29) is 12.5 Å². The van der Waals surface area contributed by atoms with Crippen LogP contribution in [0.1, 0.15) is 0 Å². The van der Waals surface area contributed by atoms with Gasteiger partial charge in [-0.1, -0.05) is 41.4 Å². The summed E-state index contributed by atoms with van der Waals surface area (Å²) in [5.74, 6) is 0.243. The molecule has 0 aliphatic carbocycles. The highest BCUT2D eigenvalue weighted by Gasteiger charge is 2.18. The van der Waals surface area contributed by atoms with Crippen LogP contribution in [-0.4, -0.2) is 29.5 Å². The molecule has 4 aromatic rings. The van der Waals surface area contributed by atoms with Crippen LogP contribution in [0.5, 0.6) is 0 Å². The summed E-state index contributed by atoms with van der Waals surface area (Å²) in [6.07, 6.45) is 1.46. The molecule has 6 nitrogen and oxygen atoms in total. The van der Waals surface area contributed by atoms with E-state index in [0.717, 1.165) is 11.0 Å². The Labute approximate surface area is 164 Å². The van der Waals surface area contributed by atoms with E-state index >= 15 is 0 Å². The van der Waals surface area contributed by atoms with Crippen molar-refractivity contribution in [3.63, 3.8) is 0 Å². The Kier molecular flexibility index (Phi) is 4.59. The predicted molar refractivity (Wildman–Crippen MR) is 108 cm³/mol. The van der Waals surface area contributed by atoms with Gasteiger partial charge in [-0.15, -0.1) is 0 Å². The lowest BCUT2D eigenvalue weighted by molar-refractivity contribution is -0.114. The summed E-state index contributed by atoms with van der Waals surface area (Å²) in [5, 5.41) is 4.39. The molecule has 1 N–H and O–H groups in total. The van der Waals surface area contributed by atoms with Crippen molar-refractivity contribution in [2.45, 2.75) is 0 Å². The van der Waals surface area contributed by atoms with Crippen molar-refractivity contribution in [2.75, 3.05) is 23.8 Å². The van der Waals surface area contributed by atoms with Crippen LogP contribution >= 0.6 is 23.2 Å². The van der Waals surface area contributed by atoms with E-state index in [1.807, 2.05) is 24.3 Å². The second-order valence-corrected chi connectivity index (χ2v) is 6.79. The zero-order valence-electron chi connectivity index (χ0n) is 14.2. The monoisotopic (exact) mass is 400 g/mol. The number of nitrogens with one attached hydrogen (secondary N) is 1. The van der Waals surface area contributed by atoms with Crippen LogP contribution in [0.4, 0.5) is 11.5 Å². The van der Waals surface area contributed by atoms with Crippen LogP contribution in [0.25, 0.3) is 22.1 Å². The van der Waals surface area contributed by atoms with E-state index in [4.69, 9.17) is 27.6 Å². The maximum atomic E-state index is 12.5. The van der Waals surface area contributed by atoms with Gasteiger partial charge in [-0.25, -0.2) is 9.97 Å². The number of nitrogens with zero attached hydrogens (tertiary/aromatic N) is 3. The Bertz CT molecular complexity index is 1140. The predicted octanol–water partition coefficient (Wildman–Crippen LogP) is 4.76. The SMILES string of the molecule is CN(CC(=O)Nc1c(Cl)cccc1Cl)c1ncnc2c1oc1ccccc12. The molecular formula is C19H14Cl2N4O2. The van der Waals surface area contributed by atoms with Gasteiger partial charge >= 0.3 is 0 Å². The molecule has 0 radical (unpaired) electrons. The van der Waals surface area contributed by atoms with E-state index < -0.39 is 0 Å². The third-order valence-electron chi connectivity index (χ3n) is 4.11. The number of rotatable bonds is 4. The van der Waals surface area contributed by atoms with Crippen LogP contribution in [0, 0.1) is 0 Å². The van der Waals surface area contributed by atoms with Gasteiger partial charge in [0.05, 0.1) is 22.3 Å². The van der Waals surface area contributed by atoms with Gasteiger partial charge in [0, 0.05) is 12.4 Å². The summed E-state index contributed by atoms with van der Waals surface area (Å²) < 4.78 is 5.90. The number of carbonyl (C=O) groups excluding carboxylic acids is 1. The Morgan fingerprint density at radius 3 is 2.63 bits per heavy atom. The topological polar surface area (TPSA) is 71.3 Å². The molecule has 0 aliphatic rings. The number of benzene rings is 2. The first-order valence-corrected chi connectivity index (χ1v) is 8.87. The van der Waals surface area contributed by atoms with E-state index in [1.165, 1.54) is 6.33 Å². The van der Waals surface area contributed by atoms with Gasteiger partial charge in [0.25, 0.3) is 0 Å². The number of likely N-dealkylation sites (N-methyl/N-ethyl adjacent to an activating group) is 1. The molecule has 2 aromatic heterocycles. The number of aromatic nitrogens is 2. The van der Waals surface area contributed by atoms with Crippen LogP contribution in [0.15, 0.2) is 53.2 Å². The molecule has 27 heavy (non-hydrogen) atoms. The van der Waals surface area contributed by atoms with E-state index in [1.54, 1.807) is 30.1 Å². The fraction of sp³-hybridized carbons (Fsp3) is 0.105. The molecule has 0 spiro atoms. The average Bonchev–Trinajstić information content (AvgIpc) is 3.03. The van der Waals surface area contributed by atoms with Crippen molar-refractivity contribution in [2.24, 2.45) is 0 Å². The molecule has 0 saturated heterocycles. The van der Waals surface area contributed by atoms with Crippen molar-refractivity contribution >= 4 is 62.7 Å². The maximum Gasteiger partial charge on any atom is 0.244 e. The largest absolute Gasteiger partial charge is 0.450 e. The fourth-order valence-electron chi connectivity index (χ4n) is 2.87. The molecule has 1 amide bonds. The number of hydrogen-bond donors (Lipinski definition) is 1. The summed E-state index contributed by atoms with van der Waals surface area (Å²) in [6, 6.07) is 12.7. The Morgan fingerprint density at radius 1 is 1.11 bits per heavy atom. The summed E-state index contributed by atoms with van der Waals surface area (Å²) in [7, 11) is 1.75. The van der Waals surface area contributed by atoms with Gasteiger partial charge in [-0.05, 0) is 24.3 Å². The molecule has 4 rings (SSSR count). The Hall–Kier alpha value is -2.83. The number of amides is 1. The standard InChI is InChI=1S/C19H14Cl2N4O2/c1-25(9-15(26)24-17-12(20)6-4-7-13(17)21)19-18-16(22-10-23-19)11-5-2-3-8-14(11)27-18/h2-8,10H,9H2,1H3,(H,24,26). The molecule has 0 atom stereocenters. The normalized spacial score (nSPS) is 11.1. The summed E-state index contributed by atoms with van der Waals surface area (Å²) in [5.41, 5.74) is 2.34. The molecule has 0 saturated carbocycles. The van der Waals surface area contributed by atoms with E-state index in [0.29, 0.717) is 32.7 Å². The first-order valence-electron chi connectivity index (χ1n) is 8.12. The first kappa shape index (κ1) is 17.6.